The van der Waals surface area contributed by atoms with Crippen LogP contribution < -0.4 is 4.90 Å². The Morgan fingerprint density at radius 2 is 0.962 bits per heavy atom. The van der Waals surface area contributed by atoms with E-state index >= 15 is 0 Å². The van der Waals surface area contributed by atoms with Crippen molar-refractivity contribution in [3.8, 4) is 39.1 Å². The zero-order chi connectivity index (χ0) is 35.5. The van der Waals surface area contributed by atoms with Crippen LogP contribution in [-0.2, 0) is 5.41 Å². The third-order valence-electron chi connectivity index (χ3n) is 11.2. The van der Waals surface area contributed by atoms with Crippen LogP contribution in [0.1, 0.15) is 25.0 Å². The standard InChI is InChI=1S/C51H38N2/c1-51(2)45-20-11-9-18-42(45)43-33-32-41(34-46(43)51)52(39-28-24-37(25-29-39)35-14-5-3-6-15-35)48-22-13-23-49-50(48)44-19-10-12-21-47(44)53(49)40-30-26-38(27-31-40)36-16-7-4-8-17-36/h3-34H,1-2H3. The highest BCUT2D eigenvalue weighted by molar-refractivity contribution is 6.16. The summed E-state index contributed by atoms with van der Waals surface area (Å²) >= 11 is 0. The van der Waals surface area contributed by atoms with Gasteiger partial charge in [0.2, 0.25) is 0 Å². The first-order valence-electron chi connectivity index (χ1n) is 18.4. The van der Waals surface area contributed by atoms with Gasteiger partial charge in [-0.15, -0.1) is 0 Å². The summed E-state index contributed by atoms with van der Waals surface area (Å²) in [6.45, 7) is 4.72. The van der Waals surface area contributed by atoms with Crippen LogP contribution in [0.15, 0.2) is 194 Å². The van der Waals surface area contributed by atoms with Crippen molar-refractivity contribution in [1.29, 1.82) is 0 Å². The molecule has 0 unspecified atom stereocenters. The molecular formula is C51H38N2. The minimum absolute atomic E-state index is 0.112. The molecule has 0 fully saturated rings. The Hall–Kier alpha value is -6.64. The highest BCUT2D eigenvalue weighted by Crippen LogP contribution is 2.51. The van der Waals surface area contributed by atoms with Crippen molar-refractivity contribution in [2.24, 2.45) is 0 Å². The molecule has 0 N–H and O–H groups in total. The summed E-state index contributed by atoms with van der Waals surface area (Å²) in [7, 11) is 0. The molecule has 0 spiro atoms. The molecule has 0 atom stereocenters. The van der Waals surface area contributed by atoms with Crippen molar-refractivity contribution in [3.63, 3.8) is 0 Å². The summed E-state index contributed by atoms with van der Waals surface area (Å²) in [6, 6.07) is 70.8. The van der Waals surface area contributed by atoms with Gasteiger partial charge in [-0.2, -0.15) is 0 Å². The maximum absolute atomic E-state index is 2.46. The van der Waals surface area contributed by atoms with E-state index in [4.69, 9.17) is 0 Å². The Morgan fingerprint density at radius 1 is 0.415 bits per heavy atom. The lowest BCUT2D eigenvalue weighted by atomic mass is 9.82. The van der Waals surface area contributed by atoms with Crippen molar-refractivity contribution in [2.75, 3.05) is 4.90 Å². The van der Waals surface area contributed by atoms with Crippen molar-refractivity contribution in [2.45, 2.75) is 19.3 Å². The lowest BCUT2D eigenvalue weighted by molar-refractivity contribution is 0.660. The van der Waals surface area contributed by atoms with E-state index < -0.39 is 0 Å². The molecule has 252 valence electrons. The first kappa shape index (κ1) is 31.1. The smallest absolute Gasteiger partial charge is 0.0562 e. The molecule has 0 saturated heterocycles. The first-order valence-corrected chi connectivity index (χ1v) is 18.4. The minimum atomic E-state index is -0.112. The van der Waals surface area contributed by atoms with E-state index in [2.05, 4.69) is 217 Å². The van der Waals surface area contributed by atoms with Crippen LogP contribution in [0, 0.1) is 0 Å². The molecule has 0 aliphatic heterocycles. The van der Waals surface area contributed by atoms with Crippen molar-refractivity contribution in [1.82, 2.24) is 4.57 Å². The van der Waals surface area contributed by atoms with Crippen LogP contribution in [0.4, 0.5) is 17.1 Å². The van der Waals surface area contributed by atoms with Gasteiger partial charge in [0.25, 0.3) is 0 Å². The molecule has 8 aromatic carbocycles. The lowest BCUT2D eigenvalue weighted by Gasteiger charge is -2.29. The number of rotatable bonds is 6. The Labute approximate surface area is 310 Å². The highest BCUT2D eigenvalue weighted by Gasteiger charge is 2.36. The van der Waals surface area contributed by atoms with Crippen LogP contribution >= 0.6 is 0 Å². The summed E-state index contributed by atoms with van der Waals surface area (Å²) in [5.74, 6) is 0. The molecule has 0 bridgehead atoms. The summed E-state index contributed by atoms with van der Waals surface area (Å²) in [5.41, 5.74) is 17.1. The Kier molecular flexibility index (Phi) is 7.19. The Morgan fingerprint density at radius 3 is 1.68 bits per heavy atom. The first-order chi connectivity index (χ1) is 26.1. The second-order valence-electron chi connectivity index (χ2n) is 14.6. The molecule has 9 aromatic rings. The van der Waals surface area contributed by atoms with Crippen LogP contribution in [-0.4, -0.2) is 4.57 Å². The Bertz CT molecular complexity index is 2770. The number of hydrogen-bond donors (Lipinski definition) is 0. The van der Waals surface area contributed by atoms with Gasteiger partial charge in [0.15, 0.2) is 0 Å². The second-order valence-corrected chi connectivity index (χ2v) is 14.6. The maximum Gasteiger partial charge on any atom is 0.0562 e. The van der Waals surface area contributed by atoms with Gasteiger partial charge in [0.05, 0.1) is 16.7 Å². The maximum atomic E-state index is 2.46. The van der Waals surface area contributed by atoms with Gasteiger partial charge in [-0.1, -0.05) is 153 Å². The van der Waals surface area contributed by atoms with Crippen molar-refractivity contribution >= 4 is 38.9 Å². The quantitative estimate of drug-likeness (QED) is 0.170. The van der Waals surface area contributed by atoms with Gasteiger partial charge >= 0.3 is 0 Å². The molecule has 10 rings (SSSR count). The fourth-order valence-corrected chi connectivity index (χ4v) is 8.59. The normalized spacial score (nSPS) is 12.9. The molecular weight excluding hydrogens is 641 g/mol. The van der Waals surface area contributed by atoms with E-state index in [1.54, 1.807) is 0 Å². The average molecular weight is 679 g/mol. The van der Waals surface area contributed by atoms with Crippen molar-refractivity contribution in [3.05, 3.63) is 205 Å². The average Bonchev–Trinajstić information content (AvgIpc) is 3.68. The largest absolute Gasteiger partial charge is 0.310 e. The zero-order valence-electron chi connectivity index (χ0n) is 29.9. The molecule has 1 heterocycles. The van der Waals surface area contributed by atoms with E-state index in [1.807, 2.05) is 0 Å². The lowest BCUT2D eigenvalue weighted by Crippen LogP contribution is -2.16. The highest BCUT2D eigenvalue weighted by atomic mass is 15.1. The number of nitrogens with zero attached hydrogens (tertiary/aromatic N) is 2. The van der Waals surface area contributed by atoms with Crippen LogP contribution in [0.25, 0.3) is 60.9 Å². The van der Waals surface area contributed by atoms with Gasteiger partial charge in [-0.05, 0) is 99.1 Å². The van der Waals surface area contributed by atoms with E-state index in [9.17, 15) is 0 Å². The zero-order valence-corrected chi connectivity index (χ0v) is 29.9. The number of anilines is 3. The molecule has 0 saturated carbocycles. The van der Waals surface area contributed by atoms with E-state index in [-0.39, 0.29) is 5.41 Å². The monoisotopic (exact) mass is 678 g/mol. The summed E-state index contributed by atoms with van der Waals surface area (Å²) in [5, 5.41) is 2.45. The fraction of sp³-hybridized carbons (Fsp3) is 0.0588. The van der Waals surface area contributed by atoms with Crippen LogP contribution in [0.5, 0.6) is 0 Å². The second kappa shape index (κ2) is 12.3. The van der Waals surface area contributed by atoms with E-state index in [0.29, 0.717) is 0 Å². The van der Waals surface area contributed by atoms with Crippen LogP contribution in [0.3, 0.4) is 0 Å². The number of aromatic nitrogens is 1. The van der Waals surface area contributed by atoms with E-state index in [1.165, 1.54) is 66.3 Å². The Balaban J connectivity index is 1.19. The number of hydrogen-bond acceptors (Lipinski definition) is 1. The number of benzene rings is 8. The molecule has 0 radical (unpaired) electrons. The van der Waals surface area contributed by atoms with Gasteiger partial charge in [-0.3, -0.25) is 0 Å². The number of para-hydroxylation sites is 1. The summed E-state index contributed by atoms with van der Waals surface area (Å²) < 4.78 is 2.42. The topological polar surface area (TPSA) is 8.17 Å². The van der Waals surface area contributed by atoms with E-state index in [0.717, 1.165) is 22.7 Å². The molecule has 0 amide bonds. The number of fused-ring (bicyclic) bond motifs is 6. The molecule has 1 aliphatic rings. The van der Waals surface area contributed by atoms with Crippen molar-refractivity contribution < 1.29 is 0 Å². The van der Waals surface area contributed by atoms with Gasteiger partial charge in [0, 0.05) is 33.2 Å². The van der Waals surface area contributed by atoms with Crippen LogP contribution in [0.2, 0.25) is 0 Å². The van der Waals surface area contributed by atoms with Gasteiger partial charge < -0.3 is 9.47 Å². The summed E-state index contributed by atoms with van der Waals surface area (Å²) in [6.07, 6.45) is 0. The fourth-order valence-electron chi connectivity index (χ4n) is 8.59. The SMILES string of the molecule is CC1(C)c2ccccc2-c2ccc(N(c3ccc(-c4ccccc4)cc3)c3cccc4c3c3ccccc3n4-c3ccc(-c4ccccc4)cc3)cc21. The molecule has 2 heteroatoms. The minimum Gasteiger partial charge on any atom is -0.310 e. The third-order valence-corrected chi connectivity index (χ3v) is 11.2. The predicted molar refractivity (Wildman–Crippen MR) is 224 cm³/mol. The third kappa shape index (κ3) is 5.02. The van der Waals surface area contributed by atoms with Gasteiger partial charge in [0.1, 0.15) is 0 Å². The molecule has 2 nitrogen and oxygen atoms in total. The van der Waals surface area contributed by atoms with Gasteiger partial charge in [-0.25, -0.2) is 0 Å². The molecule has 53 heavy (non-hydrogen) atoms. The summed E-state index contributed by atoms with van der Waals surface area (Å²) in [4.78, 5) is 2.46. The predicted octanol–water partition coefficient (Wildman–Crippen LogP) is 13.9. The molecule has 1 aromatic heterocycles. The molecule has 1 aliphatic carbocycles.